The number of hydrogen-bond acceptors (Lipinski definition) is 6. The lowest BCUT2D eigenvalue weighted by Gasteiger charge is -2.13. The van der Waals surface area contributed by atoms with E-state index in [1.807, 2.05) is 36.7 Å². The highest BCUT2D eigenvalue weighted by molar-refractivity contribution is 6.02. The molecule has 1 aliphatic heterocycles. The van der Waals surface area contributed by atoms with E-state index in [1.54, 1.807) is 26.0 Å². The van der Waals surface area contributed by atoms with Crippen molar-refractivity contribution in [2.75, 3.05) is 12.4 Å². The van der Waals surface area contributed by atoms with Crippen molar-refractivity contribution in [3.05, 3.63) is 73.1 Å². The van der Waals surface area contributed by atoms with Gasteiger partial charge in [-0.15, -0.1) is 0 Å². The summed E-state index contributed by atoms with van der Waals surface area (Å²) in [5.74, 6) is 1.42. The number of aromatic nitrogens is 3. The zero-order valence-corrected chi connectivity index (χ0v) is 17.3. The van der Waals surface area contributed by atoms with Gasteiger partial charge in [-0.2, -0.15) is 0 Å². The maximum absolute atomic E-state index is 5.60. The molecule has 2 aromatic carbocycles. The quantitative estimate of drug-likeness (QED) is 0.369. The Hall–Kier alpha value is -4.39. The van der Waals surface area contributed by atoms with E-state index in [0.717, 1.165) is 56.8 Å². The topological polar surface area (TPSA) is 88.3 Å². The molecule has 0 fully saturated rings. The zero-order chi connectivity index (χ0) is 21.5. The first-order valence-electron chi connectivity index (χ1n) is 10.3. The standard InChI is InChI=1S/C25H19N5O2/c1-31-22-5-3-15(18-7-9-32-13-18)11-21(22)30-25-23-19(12-27-24(23)28-14-29-25)16-2-4-20-17(10-16)6-8-26-20/h2-5,7-14H,6H2,1H3,(H2,27,28,29,30). The Morgan fingerprint density at radius 2 is 1.97 bits per heavy atom. The molecule has 5 aromatic rings. The number of hydrogen-bond donors (Lipinski definition) is 2. The highest BCUT2D eigenvalue weighted by Crippen LogP contribution is 2.38. The molecule has 0 saturated carbocycles. The van der Waals surface area contributed by atoms with Crippen LogP contribution in [0.3, 0.4) is 0 Å². The molecule has 4 heterocycles. The molecule has 2 N–H and O–H groups in total. The predicted molar refractivity (Wildman–Crippen MR) is 125 cm³/mol. The molecule has 0 radical (unpaired) electrons. The number of furan rings is 1. The van der Waals surface area contributed by atoms with Crippen molar-refractivity contribution in [2.24, 2.45) is 4.99 Å². The number of rotatable bonds is 5. The van der Waals surface area contributed by atoms with Gasteiger partial charge in [0.05, 0.1) is 36.4 Å². The molecule has 32 heavy (non-hydrogen) atoms. The zero-order valence-electron chi connectivity index (χ0n) is 17.3. The summed E-state index contributed by atoms with van der Waals surface area (Å²) in [4.78, 5) is 16.7. The molecule has 0 atom stereocenters. The number of benzene rings is 2. The van der Waals surface area contributed by atoms with Gasteiger partial charge in [0.1, 0.15) is 23.5 Å². The van der Waals surface area contributed by atoms with Crippen LogP contribution in [0.4, 0.5) is 17.2 Å². The molecule has 7 nitrogen and oxygen atoms in total. The third kappa shape index (κ3) is 3.02. The lowest BCUT2D eigenvalue weighted by atomic mass is 10.0. The maximum atomic E-state index is 5.60. The normalized spacial score (nSPS) is 12.3. The van der Waals surface area contributed by atoms with Gasteiger partial charge in [0, 0.05) is 30.0 Å². The van der Waals surface area contributed by atoms with Gasteiger partial charge in [-0.1, -0.05) is 12.1 Å². The monoisotopic (exact) mass is 421 g/mol. The lowest BCUT2D eigenvalue weighted by Crippen LogP contribution is -1.99. The number of aliphatic imine (C=N–C) groups is 1. The summed E-state index contributed by atoms with van der Waals surface area (Å²) < 4.78 is 10.8. The van der Waals surface area contributed by atoms with Crippen LogP contribution in [-0.4, -0.2) is 28.3 Å². The number of anilines is 2. The van der Waals surface area contributed by atoms with Crippen molar-refractivity contribution >= 4 is 34.4 Å². The molecule has 0 saturated heterocycles. The first kappa shape index (κ1) is 18.4. The van der Waals surface area contributed by atoms with E-state index in [9.17, 15) is 0 Å². The number of ether oxygens (including phenoxy) is 1. The predicted octanol–water partition coefficient (Wildman–Crippen LogP) is 5.90. The van der Waals surface area contributed by atoms with Crippen molar-refractivity contribution in [2.45, 2.75) is 6.42 Å². The first-order valence-corrected chi connectivity index (χ1v) is 10.3. The number of nitrogens with one attached hydrogen (secondary N) is 2. The second kappa shape index (κ2) is 7.39. The second-order valence-corrected chi connectivity index (χ2v) is 7.56. The minimum Gasteiger partial charge on any atom is -0.495 e. The van der Waals surface area contributed by atoms with Gasteiger partial charge in [0.2, 0.25) is 0 Å². The van der Waals surface area contributed by atoms with Crippen molar-refractivity contribution in [3.8, 4) is 28.0 Å². The van der Waals surface area contributed by atoms with Crippen molar-refractivity contribution in [3.63, 3.8) is 0 Å². The van der Waals surface area contributed by atoms with Crippen LogP contribution >= 0.6 is 0 Å². The Balaban J connectivity index is 1.46. The summed E-state index contributed by atoms with van der Waals surface area (Å²) in [6.07, 6.45) is 9.70. The minimum atomic E-state index is 0.700. The molecule has 0 bridgehead atoms. The molecule has 0 amide bonds. The SMILES string of the molecule is COc1ccc(-c2ccoc2)cc1Nc1ncnc2[nH]cc(-c3ccc4c(c3)CC=N4)c12. The van der Waals surface area contributed by atoms with E-state index < -0.39 is 0 Å². The number of nitrogens with zero attached hydrogens (tertiary/aromatic N) is 3. The van der Waals surface area contributed by atoms with E-state index in [2.05, 4.69) is 43.5 Å². The highest BCUT2D eigenvalue weighted by Gasteiger charge is 2.17. The summed E-state index contributed by atoms with van der Waals surface area (Å²) >= 11 is 0. The maximum Gasteiger partial charge on any atom is 0.144 e. The van der Waals surface area contributed by atoms with Crippen molar-refractivity contribution in [1.82, 2.24) is 15.0 Å². The summed E-state index contributed by atoms with van der Waals surface area (Å²) in [6, 6.07) is 14.2. The first-order chi connectivity index (χ1) is 15.8. The average molecular weight is 421 g/mol. The van der Waals surface area contributed by atoms with E-state index in [1.165, 1.54) is 5.56 Å². The minimum absolute atomic E-state index is 0.700. The summed E-state index contributed by atoms with van der Waals surface area (Å²) in [7, 11) is 1.65. The summed E-state index contributed by atoms with van der Waals surface area (Å²) in [5.41, 5.74) is 7.95. The molecule has 6 rings (SSSR count). The average Bonchev–Trinajstić information content (AvgIpc) is 3.59. The van der Waals surface area contributed by atoms with Crippen molar-refractivity contribution < 1.29 is 9.15 Å². The van der Waals surface area contributed by atoms with Gasteiger partial charge in [0.25, 0.3) is 0 Å². The van der Waals surface area contributed by atoms with Crippen molar-refractivity contribution in [1.29, 1.82) is 0 Å². The van der Waals surface area contributed by atoms with Crippen LogP contribution < -0.4 is 10.1 Å². The van der Waals surface area contributed by atoms with E-state index >= 15 is 0 Å². The van der Waals surface area contributed by atoms with E-state index in [4.69, 9.17) is 9.15 Å². The second-order valence-electron chi connectivity index (χ2n) is 7.56. The number of H-pyrrole nitrogens is 1. The fourth-order valence-corrected chi connectivity index (χ4v) is 4.11. The third-order valence-corrected chi connectivity index (χ3v) is 5.71. The van der Waals surface area contributed by atoms with E-state index in [-0.39, 0.29) is 0 Å². The molecule has 3 aromatic heterocycles. The number of fused-ring (bicyclic) bond motifs is 2. The smallest absolute Gasteiger partial charge is 0.144 e. The van der Waals surface area contributed by atoms with Crippen LogP contribution in [0.5, 0.6) is 5.75 Å². The lowest BCUT2D eigenvalue weighted by molar-refractivity contribution is 0.417. The van der Waals surface area contributed by atoms with Crippen LogP contribution in [0.1, 0.15) is 5.56 Å². The van der Waals surface area contributed by atoms with Crippen LogP contribution in [-0.2, 0) is 6.42 Å². The molecule has 156 valence electrons. The van der Waals surface area contributed by atoms with Gasteiger partial charge in [-0.05, 0) is 47.0 Å². The van der Waals surface area contributed by atoms with Gasteiger partial charge in [-0.3, -0.25) is 4.99 Å². The fraction of sp³-hybridized carbons (Fsp3) is 0.0800. The Morgan fingerprint density at radius 3 is 2.84 bits per heavy atom. The highest BCUT2D eigenvalue weighted by atomic mass is 16.5. The van der Waals surface area contributed by atoms with Crippen LogP contribution in [0.2, 0.25) is 0 Å². The molecule has 0 unspecified atom stereocenters. The summed E-state index contributed by atoms with van der Waals surface area (Å²) in [6.45, 7) is 0. The van der Waals surface area contributed by atoms with Gasteiger partial charge < -0.3 is 19.5 Å². The summed E-state index contributed by atoms with van der Waals surface area (Å²) in [5, 5.41) is 4.38. The number of aromatic amines is 1. The molecule has 0 aliphatic carbocycles. The molecule has 7 heteroatoms. The van der Waals surface area contributed by atoms with Gasteiger partial charge in [0.15, 0.2) is 0 Å². The molecule has 1 aliphatic rings. The molecular weight excluding hydrogens is 402 g/mol. The van der Waals surface area contributed by atoms with Crippen LogP contribution in [0.25, 0.3) is 33.3 Å². The van der Waals surface area contributed by atoms with E-state index in [0.29, 0.717) is 5.82 Å². The van der Waals surface area contributed by atoms with Gasteiger partial charge >= 0.3 is 0 Å². The largest absolute Gasteiger partial charge is 0.495 e. The third-order valence-electron chi connectivity index (χ3n) is 5.71. The Labute approximate surface area is 183 Å². The Kier molecular flexibility index (Phi) is 4.24. The van der Waals surface area contributed by atoms with Crippen LogP contribution in [0, 0.1) is 0 Å². The van der Waals surface area contributed by atoms with Crippen LogP contribution in [0.15, 0.2) is 76.9 Å². The molecular formula is C25H19N5O2. The Morgan fingerprint density at radius 1 is 1.03 bits per heavy atom. The molecule has 0 spiro atoms. The van der Waals surface area contributed by atoms with Gasteiger partial charge in [-0.25, -0.2) is 9.97 Å². The Bertz CT molecular complexity index is 1470. The fourth-order valence-electron chi connectivity index (χ4n) is 4.11. The number of methoxy groups -OCH3 is 1.